The van der Waals surface area contributed by atoms with Crippen LogP contribution in [0.5, 0.6) is 0 Å². The summed E-state index contributed by atoms with van der Waals surface area (Å²) in [6, 6.07) is 1.96. The fraction of sp³-hybridized carbons (Fsp3) is 0.462. The molecule has 0 bridgehead atoms. The van der Waals surface area contributed by atoms with Gasteiger partial charge in [-0.1, -0.05) is 13.8 Å². The molecule has 0 spiro atoms. The molecule has 21 heavy (non-hydrogen) atoms. The van der Waals surface area contributed by atoms with Crippen LogP contribution in [-0.2, 0) is 23.1 Å². The van der Waals surface area contributed by atoms with Crippen LogP contribution in [0, 0.1) is 6.92 Å². The number of nitrogens with one attached hydrogen (secondary N) is 2. The van der Waals surface area contributed by atoms with Crippen molar-refractivity contribution < 1.29 is 8.42 Å². The van der Waals surface area contributed by atoms with Crippen molar-refractivity contribution >= 4 is 32.7 Å². The summed E-state index contributed by atoms with van der Waals surface area (Å²) in [7, 11) is -3.50. The van der Waals surface area contributed by atoms with Crippen molar-refractivity contribution in [1.82, 2.24) is 15.0 Å². The molecular formula is C13H19N3O2S3. The van der Waals surface area contributed by atoms with Crippen molar-refractivity contribution in [3.63, 3.8) is 0 Å². The van der Waals surface area contributed by atoms with Crippen molar-refractivity contribution in [3.8, 4) is 0 Å². The van der Waals surface area contributed by atoms with Gasteiger partial charge < -0.3 is 5.32 Å². The lowest BCUT2D eigenvalue weighted by molar-refractivity contribution is 0.571. The van der Waals surface area contributed by atoms with Gasteiger partial charge in [0.25, 0.3) is 0 Å². The smallest absolute Gasteiger partial charge is 0.242 e. The fourth-order valence-corrected chi connectivity index (χ4v) is 4.90. The third-order valence-electron chi connectivity index (χ3n) is 2.74. The van der Waals surface area contributed by atoms with Crippen molar-refractivity contribution in [2.45, 2.75) is 44.8 Å². The van der Waals surface area contributed by atoms with E-state index < -0.39 is 10.0 Å². The Bertz CT molecular complexity index is 689. The first-order chi connectivity index (χ1) is 9.88. The molecule has 2 heterocycles. The second-order valence-electron chi connectivity index (χ2n) is 4.95. The highest BCUT2D eigenvalue weighted by atomic mass is 32.2. The molecule has 0 saturated heterocycles. The topological polar surface area (TPSA) is 71.1 Å². The SMILES string of the molecule is Cc1csc(CNS(=O)(=O)c2ccsc2CNC(C)C)n1. The molecule has 0 aliphatic rings. The number of aryl methyl sites for hydroxylation is 1. The molecule has 0 fully saturated rings. The van der Waals surface area contributed by atoms with E-state index in [-0.39, 0.29) is 6.54 Å². The molecule has 2 N–H and O–H groups in total. The third kappa shape index (κ3) is 4.58. The molecule has 2 aromatic heterocycles. The van der Waals surface area contributed by atoms with Crippen LogP contribution in [0.4, 0.5) is 0 Å². The van der Waals surface area contributed by atoms with E-state index >= 15 is 0 Å². The molecule has 0 radical (unpaired) electrons. The van der Waals surface area contributed by atoms with E-state index in [0.717, 1.165) is 15.6 Å². The lowest BCUT2D eigenvalue weighted by atomic mass is 10.4. The van der Waals surface area contributed by atoms with E-state index in [1.165, 1.54) is 22.7 Å². The van der Waals surface area contributed by atoms with E-state index in [9.17, 15) is 8.42 Å². The predicted molar refractivity (Wildman–Crippen MR) is 87.2 cm³/mol. The number of thiophene rings is 1. The molecule has 0 aromatic carbocycles. The molecule has 2 aromatic rings. The summed E-state index contributed by atoms with van der Waals surface area (Å²) >= 11 is 2.91. The van der Waals surface area contributed by atoms with Crippen molar-refractivity contribution in [1.29, 1.82) is 0 Å². The van der Waals surface area contributed by atoms with Gasteiger partial charge >= 0.3 is 0 Å². The van der Waals surface area contributed by atoms with Gasteiger partial charge in [0.15, 0.2) is 0 Å². The maximum Gasteiger partial charge on any atom is 0.242 e. The summed E-state index contributed by atoms with van der Waals surface area (Å²) in [5.74, 6) is 0. The second-order valence-corrected chi connectivity index (χ2v) is 8.63. The number of thiazole rings is 1. The Labute approximate surface area is 133 Å². The van der Waals surface area contributed by atoms with Crippen LogP contribution in [-0.4, -0.2) is 19.4 Å². The molecule has 0 saturated carbocycles. The highest BCUT2D eigenvalue weighted by Crippen LogP contribution is 2.22. The summed E-state index contributed by atoms with van der Waals surface area (Å²) in [6.07, 6.45) is 0. The number of rotatable bonds is 7. The predicted octanol–water partition coefficient (Wildman–Crippen LogP) is 2.49. The largest absolute Gasteiger partial charge is 0.310 e. The molecule has 0 amide bonds. The van der Waals surface area contributed by atoms with Gasteiger partial charge in [0.1, 0.15) is 5.01 Å². The number of aromatic nitrogens is 1. The number of hydrogen-bond acceptors (Lipinski definition) is 6. The van der Waals surface area contributed by atoms with Crippen LogP contribution in [0.15, 0.2) is 21.7 Å². The monoisotopic (exact) mass is 345 g/mol. The lowest BCUT2D eigenvalue weighted by Crippen LogP contribution is -2.26. The minimum atomic E-state index is -3.50. The molecule has 116 valence electrons. The first-order valence-corrected chi connectivity index (χ1v) is 9.83. The van der Waals surface area contributed by atoms with E-state index in [1.807, 2.05) is 26.2 Å². The fourth-order valence-electron chi connectivity index (χ4n) is 1.71. The van der Waals surface area contributed by atoms with Crippen LogP contribution >= 0.6 is 22.7 Å². The highest BCUT2D eigenvalue weighted by molar-refractivity contribution is 7.89. The summed E-state index contributed by atoms with van der Waals surface area (Å²) in [6.45, 7) is 6.74. The Balaban J connectivity index is 2.07. The normalized spacial score (nSPS) is 12.2. The second kappa shape index (κ2) is 6.97. The van der Waals surface area contributed by atoms with Crippen LogP contribution in [0.2, 0.25) is 0 Å². The zero-order valence-corrected chi connectivity index (χ0v) is 14.7. The Morgan fingerprint density at radius 3 is 2.67 bits per heavy atom. The van der Waals surface area contributed by atoms with Crippen LogP contribution in [0.3, 0.4) is 0 Å². The molecule has 8 heteroatoms. The Morgan fingerprint density at radius 2 is 2.05 bits per heavy atom. The average molecular weight is 346 g/mol. The van der Waals surface area contributed by atoms with Gasteiger partial charge in [-0.05, 0) is 18.4 Å². The number of hydrogen-bond donors (Lipinski definition) is 2. The van der Waals surface area contributed by atoms with Gasteiger partial charge in [0, 0.05) is 28.5 Å². The molecule has 0 aliphatic heterocycles. The number of nitrogens with zero attached hydrogens (tertiary/aromatic N) is 1. The van der Waals surface area contributed by atoms with Crippen LogP contribution < -0.4 is 10.0 Å². The van der Waals surface area contributed by atoms with E-state index in [2.05, 4.69) is 15.0 Å². The Hall–Kier alpha value is -0.800. The van der Waals surface area contributed by atoms with Gasteiger partial charge in [-0.15, -0.1) is 22.7 Å². The molecule has 0 aliphatic carbocycles. The first kappa shape index (κ1) is 16.6. The molecule has 5 nitrogen and oxygen atoms in total. The maximum atomic E-state index is 12.4. The first-order valence-electron chi connectivity index (χ1n) is 6.59. The minimum absolute atomic E-state index is 0.230. The third-order valence-corrected chi connectivity index (χ3v) is 6.25. The van der Waals surface area contributed by atoms with E-state index in [1.54, 1.807) is 11.4 Å². The van der Waals surface area contributed by atoms with Crippen LogP contribution in [0.1, 0.15) is 29.4 Å². The van der Waals surface area contributed by atoms with Crippen molar-refractivity contribution in [3.05, 3.63) is 32.4 Å². The zero-order valence-electron chi connectivity index (χ0n) is 12.2. The van der Waals surface area contributed by atoms with E-state index in [4.69, 9.17) is 0 Å². The molecular weight excluding hydrogens is 326 g/mol. The van der Waals surface area contributed by atoms with Crippen molar-refractivity contribution in [2.75, 3.05) is 0 Å². The van der Waals surface area contributed by atoms with Crippen LogP contribution in [0.25, 0.3) is 0 Å². The standard InChI is InChI=1S/C13H19N3O2S3/c1-9(2)14-6-11-12(4-5-19-11)21(17,18)15-7-13-16-10(3)8-20-13/h4-5,8-9,14-15H,6-7H2,1-3H3. The Morgan fingerprint density at radius 1 is 1.29 bits per heavy atom. The van der Waals surface area contributed by atoms with Gasteiger partial charge in [0.2, 0.25) is 10.0 Å². The van der Waals surface area contributed by atoms with Gasteiger partial charge in [-0.25, -0.2) is 18.1 Å². The van der Waals surface area contributed by atoms with Crippen molar-refractivity contribution in [2.24, 2.45) is 0 Å². The summed E-state index contributed by atoms with van der Waals surface area (Å²) in [4.78, 5) is 5.44. The highest BCUT2D eigenvalue weighted by Gasteiger charge is 2.20. The summed E-state index contributed by atoms with van der Waals surface area (Å²) in [5.41, 5.74) is 0.909. The Kier molecular flexibility index (Phi) is 5.50. The molecule has 0 atom stereocenters. The number of sulfonamides is 1. The van der Waals surface area contributed by atoms with Gasteiger partial charge in [0.05, 0.1) is 11.4 Å². The minimum Gasteiger partial charge on any atom is -0.310 e. The summed E-state index contributed by atoms with van der Waals surface area (Å²) in [5, 5.41) is 7.73. The lowest BCUT2D eigenvalue weighted by Gasteiger charge is -2.09. The average Bonchev–Trinajstić information content (AvgIpc) is 3.03. The maximum absolute atomic E-state index is 12.4. The van der Waals surface area contributed by atoms with Gasteiger partial charge in [-0.3, -0.25) is 0 Å². The van der Waals surface area contributed by atoms with E-state index in [0.29, 0.717) is 17.5 Å². The van der Waals surface area contributed by atoms with Gasteiger partial charge in [-0.2, -0.15) is 0 Å². The molecule has 0 unspecified atom stereocenters. The zero-order chi connectivity index (χ0) is 15.5. The molecule has 2 rings (SSSR count). The summed E-state index contributed by atoms with van der Waals surface area (Å²) < 4.78 is 27.4. The quantitative estimate of drug-likeness (QED) is 0.809.